The minimum Gasteiger partial charge on any atom is -0.480 e. The predicted molar refractivity (Wildman–Crippen MR) is 93.7 cm³/mol. The lowest BCUT2D eigenvalue weighted by Gasteiger charge is -2.17. The highest BCUT2D eigenvalue weighted by molar-refractivity contribution is 6.24. The van der Waals surface area contributed by atoms with Gasteiger partial charge in [0.25, 0.3) is 5.91 Å². The van der Waals surface area contributed by atoms with Crippen molar-refractivity contribution in [3.8, 4) is 11.1 Å². The smallest absolute Gasteiger partial charge is 0.326 e. The lowest BCUT2D eigenvalue weighted by Crippen LogP contribution is -2.41. The summed E-state index contributed by atoms with van der Waals surface area (Å²) in [4.78, 5) is 36.7. The van der Waals surface area contributed by atoms with Crippen molar-refractivity contribution >= 4 is 17.7 Å². The third-order valence-electron chi connectivity index (χ3n) is 4.31. The molecule has 0 radical (unpaired) electrons. The molecule has 1 amide bonds. The lowest BCUT2D eigenvalue weighted by atomic mass is 9.98. The Morgan fingerprint density at radius 3 is 2.28 bits per heavy atom. The third kappa shape index (κ3) is 3.05. The van der Waals surface area contributed by atoms with Crippen LogP contribution in [0.15, 0.2) is 42.5 Å². The maximum absolute atomic E-state index is 12.7. The fourth-order valence-corrected chi connectivity index (χ4v) is 3.19. The van der Waals surface area contributed by atoms with Gasteiger partial charge in [0.1, 0.15) is 6.04 Å². The molecule has 2 aromatic carbocycles. The number of benzene rings is 2. The summed E-state index contributed by atoms with van der Waals surface area (Å²) in [6.07, 6.45) is 0.339. The maximum Gasteiger partial charge on any atom is 0.326 e. The number of carboxylic acids is 1. The molecule has 5 nitrogen and oxygen atoms in total. The van der Waals surface area contributed by atoms with Crippen LogP contribution in [0, 0.1) is 5.92 Å². The molecular formula is C20H19NO4. The summed E-state index contributed by atoms with van der Waals surface area (Å²) in [6.45, 7) is 3.80. The number of nitrogens with one attached hydrogen (secondary N) is 1. The highest BCUT2D eigenvalue weighted by atomic mass is 16.4. The zero-order valence-electron chi connectivity index (χ0n) is 14.1. The molecule has 2 aromatic rings. The largest absolute Gasteiger partial charge is 0.480 e. The van der Waals surface area contributed by atoms with Crippen LogP contribution in [0.2, 0.25) is 0 Å². The van der Waals surface area contributed by atoms with Gasteiger partial charge in [0, 0.05) is 22.3 Å². The Morgan fingerprint density at radius 1 is 1.00 bits per heavy atom. The van der Waals surface area contributed by atoms with Gasteiger partial charge in [0.15, 0.2) is 5.78 Å². The van der Waals surface area contributed by atoms with Crippen molar-refractivity contribution in [2.45, 2.75) is 26.3 Å². The van der Waals surface area contributed by atoms with E-state index in [-0.39, 0.29) is 11.7 Å². The molecule has 25 heavy (non-hydrogen) atoms. The molecule has 0 fully saturated rings. The number of amides is 1. The first-order chi connectivity index (χ1) is 11.9. The van der Waals surface area contributed by atoms with Crippen LogP contribution in [0.3, 0.4) is 0 Å². The van der Waals surface area contributed by atoms with E-state index < -0.39 is 17.9 Å². The molecule has 0 aromatic heterocycles. The van der Waals surface area contributed by atoms with E-state index in [1.165, 1.54) is 0 Å². The van der Waals surface area contributed by atoms with Gasteiger partial charge >= 0.3 is 5.97 Å². The van der Waals surface area contributed by atoms with Crippen molar-refractivity contribution in [1.29, 1.82) is 0 Å². The number of ketones is 1. The Kier molecular flexibility index (Phi) is 4.40. The standard InChI is InChI=1S/C20H19NO4/c1-11(2)10-16(20(24)25)21-19(23)15-9-5-8-14-17(15)12-6-3-4-7-13(12)18(14)22/h3-9,11,16H,10H2,1-2H3,(H,21,23)(H,24,25). The first-order valence-corrected chi connectivity index (χ1v) is 8.21. The van der Waals surface area contributed by atoms with Crippen molar-refractivity contribution in [2.24, 2.45) is 5.92 Å². The molecule has 1 unspecified atom stereocenters. The molecule has 1 aliphatic carbocycles. The van der Waals surface area contributed by atoms with E-state index >= 15 is 0 Å². The predicted octanol–water partition coefficient (Wildman–Crippen LogP) is 3.13. The first kappa shape index (κ1) is 16.9. The lowest BCUT2D eigenvalue weighted by molar-refractivity contribution is -0.139. The van der Waals surface area contributed by atoms with E-state index in [0.29, 0.717) is 34.2 Å². The van der Waals surface area contributed by atoms with E-state index in [0.717, 1.165) is 0 Å². The van der Waals surface area contributed by atoms with Crippen molar-refractivity contribution in [3.05, 3.63) is 59.2 Å². The molecule has 128 valence electrons. The molecule has 0 spiro atoms. The van der Waals surface area contributed by atoms with Gasteiger partial charge in [-0.15, -0.1) is 0 Å². The highest BCUT2D eigenvalue weighted by Gasteiger charge is 2.31. The molecule has 0 aliphatic heterocycles. The van der Waals surface area contributed by atoms with Gasteiger partial charge in [0.2, 0.25) is 0 Å². The summed E-state index contributed by atoms with van der Waals surface area (Å²) in [7, 11) is 0. The van der Waals surface area contributed by atoms with Gasteiger partial charge in [-0.3, -0.25) is 9.59 Å². The average molecular weight is 337 g/mol. The van der Waals surface area contributed by atoms with Gasteiger partial charge in [-0.1, -0.05) is 50.2 Å². The van der Waals surface area contributed by atoms with Crippen LogP contribution in [-0.2, 0) is 4.79 Å². The van der Waals surface area contributed by atoms with Gasteiger partial charge in [0.05, 0.1) is 0 Å². The molecule has 0 bridgehead atoms. The Balaban J connectivity index is 2.00. The van der Waals surface area contributed by atoms with E-state index in [2.05, 4.69) is 5.32 Å². The quantitative estimate of drug-likeness (QED) is 0.749. The Labute approximate surface area is 145 Å². The summed E-state index contributed by atoms with van der Waals surface area (Å²) in [5.41, 5.74) is 2.66. The Hall–Kier alpha value is -2.95. The van der Waals surface area contributed by atoms with Crippen LogP contribution in [-0.4, -0.2) is 28.8 Å². The number of carboxylic acid groups (broad SMARTS) is 1. The molecule has 5 heteroatoms. The first-order valence-electron chi connectivity index (χ1n) is 8.21. The van der Waals surface area contributed by atoms with Crippen LogP contribution in [0.5, 0.6) is 0 Å². The zero-order chi connectivity index (χ0) is 18.1. The second kappa shape index (κ2) is 6.51. The number of rotatable bonds is 5. The minimum atomic E-state index is -1.06. The summed E-state index contributed by atoms with van der Waals surface area (Å²) in [6, 6.07) is 11.1. The molecule has 1 atom stereocenters. The summed E-state index contributed by atoms with van der Waals surface area (Å²) in [5, 5.41) is 11.9. The number of hydrogen-bond acceptors (Lipinski definition) is 3. The van der Waals surface area contributed by atoms with Crippen molar-refractivity contribution in [3.63, 3.8) is 0 Å². The van der Waals surface area contributed by atoms with E-state index in [1.807, 2.05) is 19.9 Å². The molecule has 0 saturated carbocycles. The van der Waals surface area contributed by atoms with Crippen LogP contribution < -0.4 is 5.32 Å². The maximum atomic E-state index is 12.7. The Bertz CT molecular complexity index is 870. The van der Waals surface area contributed by atoms with Crippen LogP contribution in [0.4, 0.5) is 0 Å². The normalized spacial score (nSPS) is 13.3. The van der Waals surface area contributed by atoms with Crippen LogP contribution >= 0.6 is 0 Å². The molecule has 3 rings (SSSR count). The van der Waals surface area contributed by atoms with Crippen molar-refractivity contribution in [1.82, 2.24) is 5.32 Å². The third-order valence-corrected chi connectivity index (χ3v) is 4.31. The number of carbonyl (C=O) groups is 3. The Morgan fingerprint density at radius 2 is 1.64 bits per heavy atom. The summed E-state index contributed by atoms with van der Waals surface area (Å²) < 4.78 is 0. The number of hydrogen-bond donors (Lipinski definition) is 2. The van der Waals surface area contributed by atoms with Crippen molar-refractivity contribution in [2.75, 3.05) is 0 Å². The van der Waals surface area contributed by atoms with Gasteiger partial charge in [-0.2, -0.15) is 0 Å². The number of aliphatic carboxylic acids is 1. The van der Waals surface area contributed by atoms with E-state index in [9.17, 15) is 19.5 Å². The fourth-order valence-electron chi connectivity index (χ4n) is 3.19. The molecule has 2 N–H and O–H groups in total. The highest BCUT2D eigenvalue weighted by Crippen LogP contribution is 2.38. The molecule has 0 saturated heterocycles. The molecular weight excluding hydrogens is 318 g/mol. The molecule has 0 heterocycles. The summed E-state index contributed by atoms with van der Waals surface area (Å²) in [5.74, 6) is -1.53. The van der Waals surface area contributed by atoms with E-state index in [4.69, 9.17) is 0 Å². The zero-order valence-corrected chi connectivity index (χ0v) is 14.1. The molecule has 1 aliphatic rings. The topological polar surface area (TPSA) is 83.5 Å². The average Bonchev–Trinajstić information content (AvgIpc) is 2.87. The summed E-state index contributed by atoms with van der Waals surface area (Å²) >= 11 is 0. The van der Waals surface area contributed by atoms with Crippen molar-refractivity contribution < 1.29 is 19.5 Å². The van der Waals surface area contributed by atoms with Gasteiger partial charge in [-0.25, -0.2) is 4.79 Å². The monoisotopic (exact) mass is 337 g/mol. The minimum absolute atomic E-state index is 0.114. The SMILES string of the molecule is CC(C)CC(NC(=O)c1cccc2c1-c1ccccc1C2=O)C(=O)O. The van der Waals surface area contributed by atoms with Crippen LogP contribution in [0.1, 0.15) is 46.5 Å². The number of carbonyl (C=O) groups excluding carboxylic acids is 2. The van der Waals surface area contributed by atoms with Gasteiger partial charge in [-0.05, 0) is 24.0 Å². The van der Waals surface area contributed by atoms with E-state index in [1.54, 1.807) is 36.4 Å². The second-order valence-electron chi connectivity index (χ2n) is 6.60. The fraction of sp³-hybridized carbons (Fsp3) is 0.250. The number of fused-ring (bicyclic) bond motifs is 3. The second-order valence-corrected chi connectivity index (χ2v) is 6.60. The van der Waals surface area contributed by atoms with Gasteiger partial charge < -0.3 is 10.4 Å². The van der Waals surface area contributed by atoms with Crippen LogP contribution in [0.25, 0.3) is 11.1 Å².